The molecule has 0 amide bonds. The monoisotopic (exact) mass is 259 g/mol. The van der Waals surface area contributed by atoms with Crippen LogP contribution in [0.15, 0.2) is 24.3 Å². The van der Waals surface area contributed by atoms with E-state index < -0.39 is 0 Å². The van der Waals surface area contributed by atoms with E-state index >= 15 is 0 Å². The van der Waals surface area contributed by atoms with Crippen LogP contribution in [-0.2, 0) is 0 Å². The fourth-order valence-electron chi connectivity index (χ4n) is 3.66. The van der Waals surface area contributed by atoms with Crippen LogP contribution in [0.1, 0.15) is 56.9 Å². The van der Waals surface area contributed by atoms with Gasteiger partial charge in [-0.2, -0.15) is 0 Å². The quantitative estimate of drug-likeness (QED) is 0.875. The predicted molar refractivity (Wildman–Crippen MR) is 78.5 cm³/mol. The average molecular weight is 259 g/mol. The van der Waals surface area contributed by atoms with Crippen LogP contribution in [0.25, 0.3) is 0 Å². The van der Waals surface area contributed by atoms with Gasteiger partial charge in [0.1, 0.15) is 5.75 Å². The van der Waals surface area contributed by atoms with Gasteiger partial charge in [0, 0.05) is 5.54 Å². The minimum atomic E-state index is 0.0572. The standard InChI is InChI=1S/C17H25NO/c1-13-6-9-17(18,10-7-13)12-14-8-11-19-16-5-3-2-4-15(14)16/h2-5,13-14H,6-12,18H2,1H3. The van der Waals surface area contributed by atoms with Gasteiger partial charge in [-0.05, 0) is 62.0 Å². The average Bonchev–Trinajstić information content (AvgIpc) is 2.43. The number of nitrogens with two attached hydrogens (primary N) is 1. The topological polar surface area (TPSA) is 35.2 Å². The van der Waals surface area contributed by atoms with E-state index in [1.807, 2.05) is 0 Å². The zero-order valence-corrected chi connectivity index (χ0v) is 11.9. The highest BCUT2D eigenvalue weighted by Crippen LogP contribution is 2.42. The molecule has 1 saturated carbocycles. The Morgan fingerprint density at radius 2 is 1.95 bits per heavy atom. The van der Waals surface area contributed by atoms with E-state index in [1.165, 1.54) is 31.2 Å². The van der Waals surface area contributed by atoms with Gasteiger partial charge in [0.25, 0.3) is 0 Å². The van der Waals surface area contributed by atoms with Crippen molar-refractivity contribution in [3.8, 4) is 5.75 Å². The second-order valence-corrected chi connectivity index (χ2v) is 6.62. The first kappa shape index (κ1) is 13.0. The van der Waals surface area contributed by atoms with E-state index in [4.69, 9.17) is 10.5 Å². The lowest BCUT2D eigenvalue weighted by Gasteiger charge is -2.40. The Labute approximate surface area is 116 Å². The van der Waals surface area contributed by atoms with Crippen LogP contribution in [0.3, 0.4) is 0 Å². The predicted octanol–water partition coefficient (Wildman–Crippen LogP) is 3.85. The Balaban J connectivity index is 1.74. The van der Waals surface area contributed by atoms with E-state index in [2.05, 4.69) is 31.2 Å². The van der Waals surface area contributed by atoms with Crippen LogP contribution in [0, 0.1) is 5.92 Å². The van der Waals surface area contributed by atoms with Crippen molar-refractivity contribution < 1.29 is 4.74 Å². The van der Waals surface area contributed by atoms with Gasteiger partial charge in [0.05, 0.1) is 6.61 Å². The normalized spacial score (nSPS) is 34.4. The zero-order chi connectivity index (χ0) is 13.3. The summed E-state index contributed by atoms with van der Waals surface area (Å²) in [6.07, 6.45) is 7.20. The number of fused-ring (bicyclic) bond motifs is 1. The maximum Gasteiger partial charge on any atom is 0.122 e. The summed E-state index contributed by atoms with van der Waals surface area (Å²) in [7, 11) is 0. The molecule has 19 heavy (non-hydrogen) atoms. The Bertz CT molecular complexity index is 435. The summed E-state index contributed by atoms with van der Waals surface area (Å²) in [5.74, 6) is 2.52. The summed E-state index contributed by atoms with van der Waals surface area (Å²) in [5, 5.41) is 0. The van der Waals surface area contributed by atoms with Crippen LogP contribution in [0.2, 0.25) is 0 Å². The van der Waals surface area contributed by atoms with E-state index in [0.717, 1.165) is 31.1 Å². The summed E-state index contributed by atoms with van der Waals surface area (Å²) in [6, 6.07) is 8.48. The second kappa shape index (κ2) is 5.16. The summed E-state index contributed by atoms with van der Waals surface area (Å²) < 4.78 is 5.75. The molecule has 2 N–H and O–H groups in total. The van der Waals surface area contributed by atoms with Crippen molar-refractivity contribution in [2.75, 3.05) is 6.61 Å². The molecule has 1 aliphatic carbocycles. The van der Waals surface area contributed by atoms with Gasteiger partial charge in [-0.25, -0.2) is 0 Å². The molecule has 0 spiro atoms. The molecule has 0 saturated heterocycles. The molecule has 0 radical (unpaired) electrons. The fourth-order valence-corrected chi connectivity index (χ4v) is 3.66. The van der Waals surface area contributed by atoms with Gasteiger partial charge < -0.3 is 10.5 Å². The molecule has 2 nitrogen and oxygen atoms in total. The summed E-state index contributed by atoms with van der Waals surface area (Å²) in [4.78, 5) is 0. The first-order valence-electron chi connectivity index (χ1n) is 7.67. The summed E-state index contributed by atoms with van der Waals surface area (Å²) in [5.41, 5.74) is 8.10. The Hall–Kier alpha value is -1.02. The SMILES string of the molecule is CC1CCC(N)(CC2CCOc3ccccc32)CC1. The number of benzene rings is 1. The van der Waals surface area contributed by atoms with Gasteiger partial charge in [0.2, 0.25) is 0 Å². The number of hydrogen-bond acceptors (Lipinski definition) is 2. The maximum atomic E-state index is 6.67. The molecule has 1 unspecified atom stereocenters. The fraction of sp³-hybridized carbons (Fsp3) is 0.647. The largest absolute Gasteiger partial charge is 0.493 e. The molecule has 0 bridgehead atoms. The smallest absolute Gasteiger partial charge is 0.122 e. The third-order valence-corrected chi connectivity index (χ3v) is 5.01. The van der Waals surface area contributed by atoms with Crippen LogP contribution >= 0.6 is 0 Å². The minimum Gasteiger partial charge on any atom is -0.493 e. The van der Waals surface area contributed by atoms with Gasteiger partial charge in [-0.3, -0.25) is 0 Å². The molecule has 2 aliphatic rings. The van der Waals surface area contributed by atoms with Crippen LogP contribution in [0.4, 0.5) is 0 Å². The van der Waals surface area contributed by atoms with Gasteiger partial charge in [0.15, 0.2) is 0 Å². The lowest BCUT2D eigenvalue weighted by Crippen LogP contribution is -2.44. The van der Waals surface area contributed by atoms with Crippen molar-refractivity contribution in [1.29, 1.82) is 0 Å². The van der Waals surface area contributed by atoms with E-state index in [0.29, 0.717) is 5.92 Å². The lowest BCUT2D eigenvalue weighted by atomic mass is 9.71. The van der Waals surface area contributed by atoms with E-state index in [-0.39, 0.29) is 5.54 Å². The Kier molecular flexibility index (Phi) is 3.53. The lowest BCUT2D eigenvalue weighted by molar-refractivity contribution is 0.194. The van der Waals surface area contributed by atoms with Gasteiger partial charge in [-0.1, -0.05) is 25.1 Å². The molecule has 1 aromatic carbocycles. The van der Waals surface area contributed by atoms with Crippen LogP contribution in [-0.4, -0.2) is 12.1 Å². The van der Waals surface area contributed by atoms with E-state index in [9.17, 15) is 0 Å². The Morgan fingerprint density at radius 1 is 1.21 bits per heavy atom. The highest BCUT2D eigenvalue weighted by atomic mass is 16.5. The van der Waals surface area contributed by atoms with Crippen molar-refractivity contribution in [3.63, 3.8) is 0 Å². The molecule has 2 heteroatoms. The molecule has 1 aliphatic heterocycles. The molecular formula is C17H25NO. The molecular weight excluding hydrogens is 234 g/mol. The first-order valence-corrected chi connectivity index (χ1v) is 7.67. The van der Waals surface area contributed by atoms with Crippen LogP contribution < -0.4 is 10.5 Å². The first-order chi connectivity index (χ1) is 9.16. The number of para-hydroxylation sites is 1. The molecule has 3 rings (SSSR count). The minimum absolute atomic E-state index is 0.0572. The molecule has 1 aromatic rings. The molecule has 1 fully saturated rings. The number of hydrogen-bond donors (Lipinski definition) is 1. The zero-order valence-electron chi connectivity index (χ0n) is 11.9. The second-order valence-electron chi connectivity index (χ2n) is 6.62. The van der Waals surface area contributed by atoms with Crippen molar-refractivity contribution in [1.82, 2.24) is 0 Å². The molecule has 104 valence electrons. The van der Waals surface area contributed by atoms with Crippen LogP contribution in [0.5, 0.6) is 5.75 Å². The number of ether oxygens (including phenoxy) is 1. The van der Waals surface area contributed by atoms with Crippen molar-refractivity contribution in [2.45, 2.75) is 56.9 Å². The van der Waals surface area contributed by atoms with Crippen molar-refractivity contribution in [3.05, 3.63) is 29.8 Å². The summed E-state index contributed by atoms with van der Waals surface area (Å²) in [6.45, 7) is 3.19. The summed E-state index contributed by atoms with van der Waals surface area (Å²) >= 11 is 0. The van der Waals surface area contributed by atoms with Crippen molar-refractivity contribution in [2.24, 2.45) is 11.7 Å². The molecule has 0 aromatic heterocycles. The molecule has 1 heterocycles. The van der Waals surface area contributed by atoms with Crippen molar-refractivity contribution >= 4 is 0 Å². The third kappa shape index (κ3) is 2.79. The third-order valence-electron chi connectivity index (χ3n) is 5.01. The van der Waals surface area contributed by atoms with E-state index in [1.54, 1.807) is 0 Å². The highest BCUT2D eigenvalue weighted by molar-refractivity contribution is 5.38. The number of rotatable bonds is 2. The Morgan fingerprint density at radius 3 is 2.74 bits per heavy atom. The van der Waals surface area contributed by atoms with Gasteiger partial charge in [-0.15, -0.1) is 0 Å². The maximum absolute atomic E-state index is 6.67. The van der Waals surface area contributed by atoms with Gasteiger partial charge >= 0.3 is 0 Å². The molecule has 1 atom stereocenters. The highest BCUT2D eigenvalue weighted by Gasteiger charge is 2.34.